The van der Waals surface area contributed by atoms with E-state index < -0.39 is 46.0 Å². The Labute approximate surface area is 174 Å². The average Bonchev–Trinajstić information content (AvgIpc) is 2.76. The van der Waals surface area contributed by atoms with Gasteiger partial charge >= 0.3 is 0 Å². The zero-order valence-electron chi connectivity index (χ0n) is 17.2. The summed E-state index contributed by atoms with van der Waals surface area (Å²) >= 11 is 0. The highest BCUT2D eigenvalue weighted by molar-refractivity contribution is 5.89. The third kappa shape index (κ3) is 4.45. The quantitative estimate of drug-likeness (QED) is 0.309. The SMILES string of the molecule is C=Cc1ccc2cc(C(F)=C(F)C3CCC(CCCCC)CC3)c(F)c(F)c2c1F. The highest BCUT2D eigenvalue weighted by Gasteiger charge is 2.29. The molecule has 0 saturated heterocycles. The molecule has 2 aromatic carbocycles. The molecule has 1 aliphatic carbocycles. The van der Waals surface area contributed by atoms with Gasteiger partial charge in [-0.3, -0.25) is 0 Å². The first kappa shape index (κ1) is 22.5. The van der Waals surface area contributed by atoms with E-state index in [4.69, 9.17) is 0 Å². The Hall–Kier alpha value is -2.17. The molecule has 0 amide bonds. The molecule has 0 aliphatic heterocycles. The van der Waals surface area contributed by atoms with E-state index in [9.17, 15) is 22.0 Å². The summed E-state index contributed by atoms with van der Waals surface area (Å²) in [5.41, 5.74) is -0.792. The first-order chi connectivity index (χ1) is 14.4. The van der Waals surface area contributed by atoms with E-state index in [0.29, 0.717) is 18.8 Å². The molecular weight excluding hydrogens is 395 g/mol. The topological polar surface area (TPSA) is 0 Å². The minimum absolute atomic E-state index is 0.00596. The van der Waals surface area contributed by atoms with Gasteiger partial charge in [-0.25, -0.2) is 22.0 Å². The van der Waals surface area contributed by atoms with Crippen molar-refractivity contribution in [2.75, 3.05) is 0 Å². The van der Waals surface area contributed by atoms with E-state index in [2.05, 4.69) is 13.5 Å². The Morgan fingerprint density at radius 2 is 1.70 bits per heavy atom. The Kier molecular flexibility index (Phi) is 7.32. The predicted octanol–water partition coefficient (Wildman–Crippen LogP) is 8.89. The third-order valence-electron chi connectivity index (χ3n) is 6.24. The largest absolute Gasteiger partial charge is 0.208 e. The lowest BCUT2D eigenvalue weighted by molar-refractivity contribution is 0.258. The molecule has 0 heterocycles. The van der Waals surface area contributed by atoms with Gasteiger partial charge in [-0.15, -0.1) is 0 Å². The minimum atomic E-state index is -1.58. The van der Waals surface area contributed by atoms with Crippen LogP contribution >= 0.6 is 0 Å². The van der Waals surface area contributed by atoms with Gasteiger partial charge in [0.15, 0.2) is 17.5 Å². The molecule has 0 spiro atoms. The van der Waals surface area contributed by atoms with Crippen LogP contribution in [0.3, 0.4) is 0 Å². The Morgan fingerprint density at radius 1 is 1.00 bits per heavy atom. The van der Waals surface area contributed by atoms with Gasteiger partial charge in [-0.1, -0.05) is 57.4 Å². The third-order valence-corrected chi connectivity index (χ3v) is 6.24. The zero-order chi connectivity index (χ0) is 21.8. The van der Waals surface area contributed by atoms with Crippen molar-refractivity contribution >= 4 is 22.7 Å². The van der Waals surface area contributed by atoms with Crippen LogP contribution in [0.5, 0.6) is 0 Å². The average molecular weight is 422 g/mol. The van der Waals surface area contributed by atoms with Crippen LogP contribution in [-0.2, 0) is 0 Å². The van der Waals surface area contributed by atoms with Crippen molar-refractivity contribution in [3.05, 3.63) is 59.2 Å². The lowest BCUT2D eigenvalue weighted by Crippen LogP contribution is -2.15. The molecule has 0 atom stereocenters. The molecule has 1 saturated carbocycles. The van der Waals surface area contributed by atoms with Crippen molar-refractivity contribution in [3.63, 3.8) is 0 Å². The van der Waals surface area contributed by atoms with E-state index >= 15 is 0 Å². The fraction of sp³-hybridized carbons (Fsp3) is 0.440. The van der Waals surface area contributed by atoms with Crippen LogP contribution in [0.4, 0.5) is 22.0 Å². The molecule has 0 aromatic heterocycles. The standard InChI is InChI=1S/C25H27F5/c1-3-5-6-7-15-8-10-17(11-9-15)22(27)23(28)19-14-18-13-12-16(4-2)21(26)20(18)25(30)24(19)29/h4,12-15,17H,2-3,5-11H2,1H3. The molecule has 0 nitrogen and oxygen atoms in total. The molecule has 0 radical (unpaired) electrons. The van der Waals surface area contributed by atoms with E-state index in [0.717, 1.165) is 38.2 Å². The van der Waals surface area contributed by atoms with Crippen molar-refractivity contribution in [2.45, 2.75) is 58.3 Å². The number of rotatable bonds is 7. The van der Waals surface area contributed by atoms with Gasteiger partial charge in [-0.2, -0.15) is 0 Å². The van der Waals surface area contributed by atoms with Crippen LogP contribution in [0.2, 0.25) is 0 Å². The van der Waals surface area contributed by atoms with E-state index in [1.807, 2.05) is 0 Å². The molecule has 5 heteroatoms. The summed E-state index contributed by atoms with van der Waals surface area (Å²) in [7, 11) is 0. The molecule has 0 bridgehead atoms. The molecular formula is C25H27F5. The maximum absolute atomic E-state index is 14.9. The monoisotopic (exact) mass is 422 g/mol. The number of hydrogen-bond donors (Lipinski definition) is 0. The predicted molar refractivity (Wildman–Crippen MR) is 113 cm³/mol. The summed E-state index contributed by atoms with van der Waals surface area (Å²) in [6, 6.07) is 3.65. The number of unbranched alkanes of at least 4 members (excludes halogenated alkanes) is 2. The first-order valence-corrected chi connectivity index (χ1v) is 10.7. The van der Waals surface area contributed by atoms with Crippen LogP contribution in [0.25, 0.3) is 22.7 Å². The summed E-state index contributed by atoms with van der Waals surface area (Å²) < 4.78 is 73.2. The summed E-state index contributed by atoms with van der Waals surface area (Å²) in [6.45, 7) is 5.56. The fourth-order valence-electron chi connectivity index (χ4n) is 4.41. The summed E-state index contributed by atoms with van der Waals surface area (Å²) in [6.07, 6.45) is 8.32. The molecule has 30 heavy (non-hydrogen) atoms. The van der Waals surface area contributed by atoms with Crippen LogP contribution in [0.15, 0.2) is 30.6 Å². The lowest BCUT2D eigenvalue weighted by Gasteiger charge is -2.28. The van der Waals surface area contributed by atoms with Crippen LogP contribution in [-0.4, -0.2) is 0 Å². The second-order valence-electron chi connectivity index (χ2n) is 8.20. The second kappa shape index (κ2) is 9.76. The first-order valence-electron chi connectivity index (χ1n) is 10.7. The van der Waals surface area contributed by atoms with Crippen LogP contribution in [0, 0.1) is 29.3 Å². The number of hydrogen-bond acceptors (Lipinski definition) is 0. The molecule has 1 fully saturated rings. The van der Waals surface area contributed by atoms with Crippen LogP contribution in [0.1, 0.15) is 69.4 Å². The summed E-state index contributed by atoms with van der Waals surface area (Å²) in [5.74, 6) is -6.63. The van der Waals surface area contributed by atoms with E-state index in [1.165, 1.54) is 24.6 Å². The van der Waals surface area contributed by atoms with Crippen molar-refractivity contribution in [3.8, 4) is 0 Å². The van der Waals surface area contributed by atoms with Gasteiger partial charge in [0.1, 0.15) is 11.6 Å². The number of benzene rings is 2. The molecule has 0 N–H and O–H groups in total. The summed E-state index contributed by atoms with van der Waals surface area (Å²) in [4.78, 5) is 0. The van der Waals surface area contributed by atoms with Gasteiger partial charge in [-0.05, 0) is 43.1 Å². The second-order valence-corrected chi connectivity index (χ2v) is 8.20. The van der Waals surface area contributed by atoms with Crippen molar-refractivity contribution in [1.82, 2.24) is 0 Å². The molecule has 2 aromatic rings. The van der Waals surface area contributed by atoms with Crippen molar-refractivity contribution in [1.29, 1.82) is 0 Å². The van der Waals surface area contributed by atoms with Crippen LogP contribution < -0.4 is 0 Å². The normalized spacial score (nSPS) is 20.3. The Balaban J connectivity index is 1.87. The molecule has 3 rings (SSSR count). The zero-order valence-corrected chi connectivity index (χ0v) is 17.2. The van der Waals surface area contributed by atoms with Gasteiger partial charge < -0.3 is 0 Å². The summed E-state index contributed by atoms with van der Waals surface area (Å²) in [5, 5.41) is -0.621. The van der Waals surface area contributed by atoms with Gasteiger partial charge in [0.25, 0.3) is 0 Å². The van der Waals surface area contributed by atoms with Gasteiger partial charge in [0.05, 0.1) is 10.9 Å². The fourth-order valence-corrected chi connectivity index (χ4v) is 4.41. The highest BCUT2D eigenvalue weighted by atomic mass is 19.2. The maximum Gasteiger partial charge on any atom is 0.170 e. The van der Waals surface area contributed by atoms with E-state index in [1.54, 1.807) is 0 Å². The Bertz CT molecular complexity index is 952. The van der Waals surface area contributed by atoms with Crippen molar-refractivity contribution in [2.24, 2.45) is 11.8 Å². The van der Waals surface area contributed by atoms with Gasteiger partial charge in [0, 0.05) is 11.5 Å². The van der Waals surface area contributed by atoms with Crippen molar-refractivity contribution < 1.29 is 22.0 Å². The Morgan fingerprint density at radius 3 is 2.33 bits per heavy atom. The number of halogens is 5. The molecule has 0 unspecified atom stereocenters. The molecule has 1 aliphatic rings. The molecule has 162 valence electrons. The minimum Gasteiger partial charge on any atom is -0.208 e. The van der Waals surface area contributed by atoms with Gasteiger partial charge in [0.2, 0.25) is 0 Å². The lowest BCUT2D eigenvalue weighted by atomic mass is 9.79. The smallest absolute Gasteiger partial charge is 0.170 e. The van der Waals surface area contributed by atoms with E-state index in [-0.39, 0.29) is 10.9 Å². The maximum atomic E-state index is 14.9. The highest BCUT2D eigenvalue weighted by Crippen LogP contribution is 2.40. The number of allylic oxidation sites excluding steroid dienone is 1. The number of fused-ring (bicyclic) bond motifs is 1.